The molecule has 3 aromatic heterocycles. The van der Waals surface area contributed by atoms with Crippen molar-refractivity contribution in [1.29, 1.82) is 0 Å². The summed E-state index contributed by atoms with van der Waals surface area (Å²) in [5, 5.41) is 8.28. The smallest absolute Gasteiger partial charge is 0.276 e. The molecule has 5 aromatic rings. The third-order valence-electron chi connectivity index (χ3n) is 6.13. The summed E-state index contributed by atoms with van der Waals surface area (Å²) in [6.07, 6.45) is 6.30. The van der Waals surface area contributed by atoms with Crippen molar-refractivity contribution >= 4 is 22.5 Å². The van der Waals surface area contributed by atoms with E-state index in [0.29, 0.717) is 17.7 Å². The molecule has 39 heavy (non-hydrogen) atoms. The molecule has 0 fully saturated rings. The van der Waals surface area contributed by atoms with Gasteiger partial charge in [-0.2, -0.15) is 5.10 Å². The quantitative estimate of drug-likeness (QED) is 0.211. The molecular weight excluding hydrogens is 497 g/mol. The number of anilines is 1. The van der Waals surface area contributed by atoms with E-state index in [0.717, 1.165) is 29.5 Å². The van der Waals surface area contributed by atoms with Crippen molar-refractivity contribution in [2.45, 2.75) is 32.9 Å². The van der Waals surface area contributed by atoms with E-state index in [2.05, 4.69) is 22.2 Å². The van der Waals surface area contributed by atoms with Crippen molar-refractivity contribution in [2.24, 2.45) is 0 Å². The summed E-state index contributed by atoms with van der Waals surface area (Å²) in [5.41, 5.74) is 3.36. The molecule has 1 atom stereocenters. The van der Waals surface area contributed by atoms with Crippen LogP contribution in [0.25, 0.3) is 22.0 Å². The lowest BCUT2D eigenvalue weighted by Crippen LogP contribution is -2.17. The van der Waals surface area contributed by atoms with Crippen molar-refractivity contribution in [1.82, 2.24) is 19.7 Å². The summed E-state index contributed by atoms with van der Waals surface area (Å²) in [5.74, 6) is -0.608. The SMILES string of the molecule is CCCC(OCC)n1nc(C(=O)Nc2ccc(Oc3ccccc3F)nc2)c2cc(-c3cccnc3)ccc21. The zero-order chi connectivity index (χ0) is 27.2. The largest absolute Gasteiger partial charge is 0.436 e. The number of nitrogens with zero attached hydrogens (tertiary/aromatic N) is 4. The Bertz CT molecular complexity index is 1570. The van der Waals surface area contributed by atoms with Crippen molar-refractivity contribution in [3.63, 3.8) is 0 Å². The summed E-state index contributed by atoms with van der Waals surface area (Å²) in [7, 11) is 0. The van der Waals surface area contributed by atoms with E-state index in [4.69, 9.17) is 14.6 Å². The molecule has 0 aliphatic carbocycles. The van der Waals surface area contributed by atoms with Crippen LogP contribution in [0.4, 0.5) is 10.1 Å². The fourth-order valence-electron chi connectivity index (χ4n) is 4.30. The summed E-state index contributed by atoms with van der Waals surface area (Å²) >= 11 is 0. The first kappa shape index (κ1) is 26.0. The van der Waals surface area contributed by atoms with Gasteiger partial charge in [-0.15, -0.1) is 0 Å². The number of hydrogen-bond donors (Lipinski definition) is 1. The molecule has 8 nitrogen and oxygen atoms in total. The molecule has 0 saturated heterocycles. The molecule has 0 aliphatic heterocycles. The van der Waals surface area contributed by atoms with E-state index in [9.17, 15) is 9.18 Å². The first-order valence-electron chi connectivity index (χ1n) is 12.8. The molecule has 2 aromatic carbocycles. The van der Waals surface area contributed by atoms with Gasteiger partial charge in [-0.05, 0) is 55.3 Å². The van der Waals surface area contributed by atoms with Gasteiger partial charge < -0.3 is 14.8 Å². The Morgan fingerprint density at radius 1 is 1.03 bits per heavy atom. The van der Waals surface area contributed by atoms with E-state index < -0.39 is 11.7 Å². The lowest BCUT2D eigenvalue weighted by atomic mass is 10.0. The Hall–Kier alpha value is -4.63. The molecule has 198 valence electrons. The van der Waals surface area contributed by atoms with E-state index in [-0.39, 0.29) is 23.6 Å². The van der Waals surface area contributed by atoms with Crippen LogP contribution in [0.3, 0.4) is 0 Å². The van der Waals surface area contributed by atoms with E-state index in [1.807, 2.05) is 37.3 Å². The molecule has 0 bridgehead atoms. The van der Waals surface area contributed by atoms with Gasteiger partial charge >= 0.3 is 0 Å². The van der Waals surface area contributed by atoms with Crippen LogP contribution in [-0.4, -0.2) is 32.3 Å². The fourth-order valence-corrected chi connectivity index (χ4v) is 4.30. The number of carbonyl (C=O) groups is 1. The number of fused-ring (bicyclic) bond motifs is 1. The van der Waals surface area contributed by atoms with Crippen LogP contribution in [0.2, 0.25) is 0 Å². The standard InChI is InChI=1S/C30H28FN5O3/c1-3-8-28(38-4-2)36-25-14-12-20(21-9-7-16-32-18-21)17-23(25)29(35-36)30(37)34-22-13-15-27(33-19-22)39-26-11-6-5-10-24(26)31/h5-7,9-19,28H,3-4,8H2,1-2H3,(H,34,37). The van der Waals surface area contributed by atoms with Gasteiger partial charge in [0, 0.05) is 36.0 Å². The number of halogens is 1. The van der Waals surface area contributed by atoms with Crippen LogP contribution in [0.5, 0.6) is 11.6 Å². The van der Waals surface area contributed by atoms with Crippen LogP contribution < -0.4 is 10.1 Å². The molecule has 3 heterocycles. The van der Waals surface area contributed by atoms with Gasteiger partial charge in [0.2, 0.25) is 5.88 Å². The van der Waals surface area contributed by atoms with Crippen molar-refractivity contribution in [2.75, 3.05) is 11.9 Å². The number of carbonyl (C=O) groups excluding carboxylic acids is 1. The number of para-hydroxylation sites is 1. The minimum atomic E-state index is -0.488. The minimum absolute atomic E-state index is 0.0687. The summed E-state index contributed by atoms with van der Waals surface area (Å²) < 4.78 is 27.2. The van der Waals surface area contributed by atoms with Crippen LogP contribution in [0.1, 0.15) is 43.4 Å². The van der Waals surface area contributed by atoms with Crippen LogP contribution in [0, 0.1) is 5.82 Å². The predicted octanol–water partition coefficient (Wildman–Crippen LogP) is 7.01. The molecule has 1 amide bonds. The Balaban J connectivity index is 1.46. The fraction of sp³-hybridized carbons (Fsp3) is 0.200. The number of aromatic nitrogens is 4. The normalized spacial score (nSPS) is 11.9. The first-order valence-corrected chi connectivity index (χ1v) is 12.8. The van der Waals surface area contributed by atoms with Crippen LogP contribution >= 0.6 is 0 Å². The molecule has 0 radical (unpaired) electrons. The predicted molar refractivity (Wildman–Crippen MR) is 147 cm³/mol. The van der Waals surface area contributed by atoms with Gasteiger partial charge in [0.15, 0.2) is 23.5 Å². The summed E-state index contributed by atoms with van der Waals surface area (Å²) in [6.45, 7) is 4.54. The highest BCUT2D eigenvalue weighted by Crippen LogP contribution is 2.30. The van der Waals surface area contributed by atoms with Gasteiger partial charge in [-0.3, -0.25) is 9.78 Å². The average Bonchev–Trinajstić information content (AvgIpc) is 3.35. The van der Waals surface area contributed by atoms with Gasteiger partial charge in [-0.25, -0.2) is 14.1 Å². The summed E-state index contributed by atoms with van der Waals surface area (Å²) in [4.78, 5) is 21.9. The van der Waals surface area contributed by atoms with Crippen molar-refractivity contribution in [3.05, 3.63) is 96.8 Å². The second-order valence-electron chi connectivity index (χ2n) is 8.84. The zero-order valence-electron chi connectivity index (χ0n) is 21.7. The molecule has 1 N–H and O–H groups in total. The Morgan fingerprint density at radius 2 is 1.90 bits per heavy atom. The number of ether oxygens (including phenoxy) is 2. The highest BCUT2D eigenvalue weighted by molar-refractivity contribution is 6.11. The highest BCUT2D eigenvalue weighted by atomic mass is 19.1. The monoisotopic (exact) mass is 525 g/mol. The number of nitrogens with one attached hydrogen (secondary N) is 1. The molecule has 5 rings (SSSR count). The lowest BCUT2D eigenvalue weighted by Gasteiger charge is -2.17. The molecule has 0 aliphatic rings. The third-order valence-corrected chi connectivity index (χ3v) is 6.13. The maximum atomic E-state index is 13.9. The minimum Gasteiger partial charge on any atom is -0.436 e. The van der Waals surface area contributed by atoms with Gasteiger partial charge in [0.25, 0.3) is 5.91 Å². The van der Waals surface area contributed by atoms with E-state index in [1.54, 1.807) is 41.3 Å². The Kier molecular flexibility index (Phi) is 7.88. The summed E-state index contributed by atoms with van der Waals surface area (Å²) in [6, 6.07) is 19.0. The number of benzene rings is 2. The second kappa shape index (κ2) is 11.8. The zero-order valence-corrected chi connectivity index (χ0v) is 21.7. The van der Waals surface area contributed by atoms with E-state index in [1.165, 1.54) is 18.3 Å². The molecule has 0 saturated carbocycles. The second-order valence-corrected chi connectivity index (χ2v) is 8.84. The van der Waals surface area contributed by atoms with Crippen molar-refractivity contribution in [3.8, 4) is 22.8 Å². The third kappa shape index (κ3) is 5.78. The molecule has 9 heteroatoms. The highest BCUT2D eigenvalue weighted by Gasteiger charge is 2.23. The number of pyridine rings is 2. The van der Waals surface area contributed by atoms with Gasteiger partial charge in [0.1, 0.15) is 0 Å². The maximum absolute atomic E-state index is 13.9. The van der Waals surface area contributed by atoms with E-state index >= 15 is 0 Å². The first-order chi connectivity index (χ1) is 19.1. The number of hydrogen-bond acceptors (Lipinski definition) is 6. The lowest BCUT2D eigenvalue weighted by molar-refractivity contribution is -0.00193. The Morgan fingerprint density at radius 3 is 2.62 bits per heavy atom. The number of amides is 1. The Labute approximate surface area is 225 Å². The topological polar surface area (TPSA) is 91.2 Å². The van der Waals surface area contributed by atoms with Crippen LogP contribution in [-0.2, 0) is 4.74 Å². The van der Waals surface area contributed by atoms with Gasteiger partial charge in [-0.1, -0.05) is 37.6 Å². The van der Waals surface area contributed by atoms with Crippen LogP contribution in [0.15, 0.2) is 85.3 Å². The molecule has 1 unspecified atom stereocenters. The maximum Gasteiger partial charge on any atom is 0.276 e. The van der Waals surface area contributed by atoms with Gasteiger partial charge in [0.05, 0.1) is 17.4 Å². The molecule has 0 spiro atoms. The average molecular weight is 526 g/mol. The van der Waals surface area contributed by atoms with Crippen molar-refractivity contribution < 1.29 is 18.7 Å². The molecular formula is C30H28FN5O3. The number of rotatable bonds is 10.